The van der Waals surface area contributed by atoms with Gasteiger partial charge in [-0.05, 0) is 74.9 Å². The van der Waals surface area contributed by atoms with Gasteiger partial charge in [0.1, 0.15) is 0 Å². The Kier molecular flexibility index (Phi) is 7.47. The lowest BCUT2D eigenvalue weighted by Gasteiger charge is -2.23. The highest BCUT2D eigenvalue weighted by Gasteiger charge is 2.17. The maximum absolute atomic E-state index is 13.0. The number of carbonyl (C=O) groups is 1. The number of carbonyl (C=O) groups excluding carboxylic acids is 1. The fraction of sp³-hybridized carbons (Fsp3) is 0.360. The maximum atomic E-state index is 13.0. The summed E-state index contributed by atoms with van der Waals surface area (Å²) < 4.78 is 5.43. The third-order valence-electron chi connectivity index (χ3n) is 5.21. The second-order valence-corrected chi connectivity index (χ2v) is 7.94. The minimum atomic E-state index is -0.234. The molecule has 0 aliphatic rings. The molecular weight excluding hydrogens is 390 g/mol. The van der Waals surface area contributed by atoms with Gasteiger partial charge in [-0.1, -0.05) is 23.8 Å². The first kappa shape index (κ1) is 22.6. The van der Waals surface area contributed by atoms with Gasteiger partial charge in [-0.3, -0.25) is 4.79 Å². The molecule has 6 nitrogen and oxygen atoms in total. The number of amides is 2. The monoisotopic (exact) mass is 421 g/mol. The van der Waals surface area contributed by atoms with E-state index in [0.717, 1.165) is 33.3 Å². The first-order valence-electron chi connectivity index (χ1n) is 10.7. The van der Waals surface area contributed by atoms with E-state index in [9.17, 15) is 9.59 Å². The predicted octanol–water partition coefficient (Wildman–Crippen LogP) is 4.91. The van der Waals surface area contributed by atoms with E-state index in [0.29, 0.717) is 31.7 Å². The van der Waals surface area contributed by atoms with Crippen LogP contribution in [0, 0.1) is 20.8 Å². The molecule has 0 aliphatic carbocycles. The first-order valence-corrected chi connectivity index (χ1v) is 10.7. The van der Waals surface area contributed by atoms with Gasteiger partial charge in [0, 0.05) is 31.0 Å². The molecule has 3 aromatic rings. The number of hydrogen-bond donors (Lipinski definition) is 2. The Bertz CT molecular complexity index is 1120. The number of nitrogens with zero attached hydrogens (tertiary/aromatic N) is 1. The van der Waals surface area contributed by atoms with Crippen LogP contribution in [0.1, 0.15) is 35.6 Å². The quantitative estimate of drug-likeness (QED) is 0.507. The second-order valence-electron chi connectivity index (χ2n) is 7.94. The lowest BCUT2D eigenvalue weighted by atomic mass is 10.1. The van der Waals surface area contributed by atoms with Crippen molar-refractivity contribution >= 4 is 22.6 Å². The molecule has 6 heteroatoms. The molecule has 0 saturated carbocycles. The molecular formula is C25H31N3O3. The lowest BCUT2D eigenvalue weighted by molar-refractivity contribution is 0.134. The molecule has 2 N–H and O–H groups in total. The molecule has 0 radical (unpaired) electrons. The number of benzene rings is 2. The Hall–Kier alpha value is -3.12. The van der Waals surface area contributed by atoms with Gasteiger partial charge in [0.25, 0.3) is 5.56 Å². The normalized spacial score (nSPS) is 11.0. The van der Waals surface area contributed by atoms with Crippen LogP contribution in [0.15, 0.2) is 47.3 Å². The minimum absolute atomic E-state index is 0.169. The summed E-state index contributed by atoms with van der Waals surface area (Å²) >= 11 is 0. The van der Waals surface area contributed by atoms with E-state index >= 15 is 0 Å². The SMILES string of the molecule is CCOCCCN(Cc1cc2cc(C)cc(C)c2[nH]c1=O)C(=O)Nc1cccc(C)c1. The van der Waals surface area contributed by atoms with Crippen molar-refractivity contribution in [3.8, 4) is 0 Å². The number of aromatic nitrogens is 1. The van der Waals surface area contributed by atoms with Gasteiger partial charge in [0.2, 0.25) is 0 Å². The van der Waals surface area contributed by atoms with Gasteiger partial charge >= 0.3 is 6.03 Å². The van der Waals surface area contributed by atoms with E-state index in [1.165, 1.54) is 0 Å². The van der Waals surface area contributed by atoms with Gasteiger partial charge in [0.15, 0.2) is 0 Å². The molecule has 0 bridgehead atoms. The number of hydrogen-bond acceptors (Lipinski definition) is 3. The number of pyridine rings is 1. The average Bonchev–Trinajstić information content (AvgIpc) is 2.71. The molecule has 31 heavy (non-hydrogen) atoms. The van der Waals surface area contributed by atoms with Crippen molar-refractivity contribution in [1.82, 2.24) is 9.88 Å². The zero-order chi connectivity index (χ0) is 22.4. The third-order valence-corrected chi connectivity index (χ3v) is 5.21. The molecule has 3 rings (SSSR count). The van der Waals surface area contributed by atoms with E-state index in [1.807, 2.05) is 70.2 Å². The molecule has 0 spiro atoms. The van der Waals surface area contributed by atoms with Crippen molar-refractivity contribution < 1.29 is 9.53 Å². The number of nitrogens with one attached hydrogen (secondary N) is 2. The smallest absolute Gasteiger partial charge is 0.322 e. The third kappa shape index (κ3) is 5.95. The van der Waals surface area contributed by atoms with Crippen LogP contribution in [0.2, 0.25) is 0 Å². The van der Waals surface area contributed by atoms with Crippen molar-refractivity contribution in [2.75, 3.05) is 25.1 Å². The van der Waals surface area contributed by atoms with Crippen LogP contribution in [0.4, 0.5) is 10.5 Å². The number of urea groups is 1. The summed E-state index contributed by atoms with van der Waals surface area (Å²) in [5, 5.41) is 3.93. The molecule has 1 aromatic heterocycles. The van der Waals surface area contributed by atoms with Crippen LogP contribution in [0.3, 0.4) is 0 Å². The van der Waals surface area contributed by atoms with Crippen molar-refractivity contribution in [3.05, 3.63) is 75.1 Å². The number of ether oxygens (including phenoxy) is 1. The van der Waals surface area contributed by atoms with E-state index < -0.39 is 0 Å². The first-order chi connectivity index (χ1) is 14.9. The zero-order valence-electron chi connectivity index (χ0n) is 18.7. The van der Waals surface area contributed by atoms with Gasteiger partial charge in [-0.25, -0.2) is 4.79 Å². The minimum Gasteiger partial charge on any atom is -0.382 e. The van der Waals surface area contributed by atoms with E-state index in [1.54, 1.807) is 4.90 Å². The van der Waals surface area contributed by atoms with Crippen LogP contribution in [-0.2, 0) is 11.3 Å². The standard InChI is InChI=1S/C25H31N3O3/c1-5-31-11-7-10-28(25(30)26-22-9-6-8-17(2)14-22)16-21-15-20-13-18(3)12-19(4)23(20)27-24(21)29/h6,8-9,12-15H,5,7,10-11,16H2,1-4H3,(H,26,30)(H,27,29). The van der Waals surface area contributed by atoms with Crippen LogP contribution in [0.25, 0.3) is 10.9 Å². The molecule has 1 heterocycles. The topological polar surface area (TPSA) is 74.4 Å². The highest BCUT2D eigenvalue weighted by atomic mass is 16.5. The summed E-state index contributed by atoms with van der Waals surface area (Å²) in [6.07, 6.45) is 0.693. The largest absolute Gasteiger partial charge is 0.382 e. The second kappa shape index (κ2) is 10.3. The highest BCUT2D eigenvalue weighted by Crippen LogP contribution is 2.19. The van der Waals surface area contributed by atoms with Gasteiger partial charge in [-0.2, -0.15) is 0 Å². The number of aryl methyl sites for hydroxylation is 3. The molecule has 0 unspecified atom stereocenters. The van der Waals surface area contributed by atoms with Crippen molar-refractivity contribution in [2.45, 2.75) is 40.7 Å². The van der Waals surface area contributed by atoms with Crippen molar-refractivity contribution in [3.63, 3.8) is 0 Å². The summed E-state index contributed by atoms with van der Waals surface area (Å²) in [7, 11) is 0. The van der Waals surface area contributed by atoms with Crippen molar-refractivity contribution in [2.24, 2.45) is 0 Å². The molecule has 2 amide bonds. The Morgan fingerprint density at radius 1 is 1.10 bits per heavy atom. The van der Waals surface area contributed by atoms with Crippen LogP contribution >= 0.6 is 0 Å². The van der Waals surface area contributed by atoms with E-state index in [-0.39, 0.29) is 18.1 Å². The highest BCUT2D eigenvalue weighted by molar-refractivity contribution is 5.89. The van der Waals surface area contributed by atoms with Crippen LogP contribution in [0.5, 0.6) is 0 Å². The molecule has 164 valence electrons. The zero-order valence-corrected chi connectivity index (χ0v) is 18.7. The van der Waals surface area contributed by atoms with E-state index in [2.05, 4.69) is 10.3 Å². The van der Waals surface area contributed by atoms with Crippen LogP contribution in [-0.4, -0.2) is 35.7 Å². The van der Waals surface area contributed by atoms with Gasteiger partial charge in [-0.15, -0.1) is 0 Å². The molecule has 2 aromatic carbocycles. The fourth-order valence-electron chi connectivity index (χ4n) is 3.73. The lowest BCUT2D eigenvalue weighted by Crippen LogP contribution is -2.37. The Labute approximate surface area is 183 Å². The Balaban J connectivity index is 1.85. The maximum Gasteiger partial charge on any atom is 0.322 e. The molecule has 0 fully saturated rings. The van der Waals surface area contributed by atoms with E-state index in [4.69, 9.17) is 4.74 Å². The van der Waals surface area contributed by atoms with Crippen molar-refractivity contribution in [1.29, 1.82) is 0 Å². The summed E-state index contributed by atoms with van der Waals surface area (Å²) in [5.41, 5.74) is 5.20. The number of fused-ring (bicyclic) bond motifs is 1. The fourth-order valence-corrected chi connectivity index (χ4v) is 3.73. The Morgan fingerprint density at radius 3 is 2.65 bits per heavy atom. The van der Waals surface area contributed by atoms with Gasteiger partial charge in [0.05, 0.1) is 12.1 Å². The van der Waals surface area contributed by atoms with Gasteiger partial charge < -0.3 is 19.9 Å². The molecule has 0 atom stereocenters. The molecule has 0 saturated heterocycles. The summed E-state index contributed by atoms with van der Waals surface area (Å²) in [6, 6.07) is 13.4. The Morgan fingerprint density at radius 2 is 1.90 bits per heavy atom. The summed E-state index contributed by atoms with van der Waals surface area (Å²) in [6.45, 7) is 9.86. The summed E-state index contributed by atoms with van der Waals surface area (Å²) in [4.78, 5) is 30.5. The number of rotatable bonds is 8. The number of aromatic amines is 1. The summed E-state index contributed by atoms with van der Waals surface area (Å²) in [5.74, 6) is 0. The number of anilines is 1. The number of H-pyrrole nitrogens is 1. The van der Waals surface area contributed by atoms with Crippen LogP contribution < -0.4 is 10.9 Å². The predicted molar refractivity (Wildman–Crippen MR) is 126 cm³/mol. The average molecular weight is 422 g/mol. The molecule has 0 aliphatic heterocycles.